The molecule has 80 valence electrons. The lowest BCUT2D eigenvalue weighted by Crippen LogP contribution is -2.43. The van der Waals surface area contributed by atoms with Crippen LogP contribution in [0, 0.1) is 12.7 Å². The summed E-state index contributed by atoms with van der Waals surface area (Å²) < 4.78 is 13.7. The highest BCUT2D eigenvalue weighted by molar-refractivity contribution is 6.45. The second-order valence-corrected chi connectivity index (χ2v) is 4.01. The van der Waals surface area contributed by atoms with Crippen molar-refractivity contribution < 1.29 is 4.39 Å². The Morgan fingerprint density at radius 3 is 2.87 bits per heavy atom. The molecule has 1 aliphatic heterocycles. The van der Waals surface area contributed by atoms with Gasteiger partial charge in [-0.3, -0.25) is 4.98 Å². The van der Waals surface area contributed by atoms with Crippen molar-refractivity contribution in [3.63, 3.8) is 0 Å². The number of alkyl halides is 1. The molecule has 1 unspecified atom stereocenters. The van der Waals surface area contributed by atoms with Crippen LogP contribution in [0.1, 0.15) is 5.69 Å². The van der Waals surface area contributed by atoms with E-state index in [9.17, 15) is 4.39 Å². The Bertz CT molecular complexity index is 529. The average Bonchev–Trinajstić information content (AvgIpc) is 2.21. The van der Waals surface area contributed by atoms with Gasteiger partial charge in [-0.25, -0.2) is 9.38 Å². The first kappa shape index (κ1) is 10.6. The third kappa shape index (κ3) is 1.58. The van der Waals surface area contributed by atoms with Gasteiger partial charge in [-0.05, 0) is 6.92 Å². The largest absolute Gasteiger partial charge is 0.330 e. The molecule has 15 heavy (non-hydrogen) atoms. The van der Waals surface area contributed by atoms with E-state index in [0.29, 0.717) is 10.4 Å². The zero-order valence-corrected chi connectivity index (χ0v) is 9.64. The lowest BCUT2D eigenvalue weighted by Gasteiger charge is -2.23. The summed E-state index contributed by atoms with van der Waals surface area (Å²) >= 11 is 11.9. The Hall–Kier alpha value is -0.870. The van der Waals surface area contributed by atoms with Crippen LogP contribution in [-0.2, 0) is 0 Å². The average molecular weight is 248 g/mol. The minimum absolute atomic E-state index is 0.186. The molecule has 0 radical (unpaired) electrons. The molecule has 0 aliphatic carbocycles. The molecule has 2 rings (SSSR count). The number of hydrogen-bond acceptors (Lipinski definition) is 3. The molecule has 0 fully saturated rings. The summed E-state index contributed by atoms with van der Waals surface area (Å²) in [6.45, 7) is 1.57. The van der Waals surface area contributed by atoms with Gasteiger partial charge in [0.25, 0.3) is 0 Å². The van der Waals surface area contributed by atoms with Crippen LogP contribution in [0.4, 0.5) is 4.39 Å². The van der Waals surface area contributed by atoms with E-state index in [-0.39, 0.29) is 11.1 Å². The molecule has 0 amide bonds. The number of hydrogen-bond donors (Lipinski definition) is 0. The molecule has 0 saturated carbocycles. The van der Waals surface area contributed by atoms with Crippen molar-refractivity contribution in [2.24, 2.45) is 4.99 Å². The molecule has 0 N–H and O–H groups in total. The molecule has 3 nitrogen and oxygen atoms in total. The quantitative estimate of drug-likeness (QED) is 0.504. The van der Waals surface area contributed by atoms with E-state index < -0.39 is 11.4 Å². The van der Waals surface area contributed by atoms with Gasteiger partial charge in [-0.1, -0.05) is 23.2 Å². The molecule has 0 aromatic carbocycles. The fraction of sp³-hybridized carbons (Fsp3) is 0.333. The topological polar surface area (TPSA) is 28.5 Å². The third-order valence-electron chi connectivity index (χ3n) is 2.26. The molecule has 0 saturated heterocycles. The number of aryl methyl sites for hydroxylation is 1. The number of halogens is 3. The fourth-order valence-electron chi connectivity index (χ4n) is 1.32. The number of nitrogens with zero attached hydrogens (tertiary/aromatic N) is 3. The van der Waals surface area contributed by atoms with Crippen LogP contribution in [0.2, 0.25) is 0 Å². The van der Waals surface area contributed by atoms with E-state index in [1.807, 2.05) is 0 Å². The SMILES string of the molecule is Cc1ncc2c(c1F)=NC(Cl)N(C)C=2Cl. The smallest absolute Gasteiger partial charge is 0.198 e. The molecule has 6 heteroatoms. The number of pyridine rings is 1. The van der Waals surface area contributed by atoms with Crippen molar-refractivity contribution in [1.29, 1.82) is 0 Å². The first-order valence-corrected chi connectivity index (χ1v) is 5.09. The van der Waals surface area contributed by atoms with Gasteiger partial charge in [0.05, 0.1) is 10.9 Å². The lowest BCUT2D eigenvalue weighted by atomic mass is 10.3. The van der Waals surface area contributed by atoms with E-state index in [2.05, 4.69) is 9.98 Å². The maximum Gasteiger partial charge on any atom is 0.198 e. The lowest BCUT2D eigenvalue weighted by molar-refractivity contribution is 0.438. The minimum atomic E-state index is -0.679. The van der Waals surface area contributed by atoms with Gasteiger partial charge in [0.1, 0.15) is 10.5 Å². The van der Waals surface area contributed by atoms with E-state index in [0.717, 1.165) is 0 Å². The third-order valence-corrected chi connectivity index (χ3v) is 3.12. The van der Waals surface area contributed by atoms with Gasteiger partial charge in [-0.15, -0.1) is 0 Å². The van der Waals surface area contributed by atoms with Crippen LogP contribution in [-0.4, -0.2) is 22.6 Å². The first-order valence-electron chi connectivity index (χ1n) is 4.28. The van der Waals surface area contributed by atoms with Gasteiger partial charge in [0.15, 0.2) is 11.4 Å². The highest BCUT2D eigenvalue weighted by Crippen LogP contribution is 2.16. The van der Waals surface area contributed by atoms with Crippen LogP contribution in [0.25, 0.3) is 5.16 Å². The highest BCUT2D eigenvalue weighted by atomic mass is 35.5. The van der Waals surface area contributed by atoms with Crippen molar-refractivity contribution >= 4 is 28.4 Å². The van der Waals surface area contributed by atoms with Crippen molar-refractivity contribution in [2.75, 3.05) is 7.05 Å². The van der Waals surface area contributed by atoms with Crippen LogP contribution >= 0.6 is 23.2 Å². The Morgan fingerprint density at radius 1 is 1.53 bits per heavy atom. The summed E-state index contributed by atoms with van der Waals surface area (Å²) in [7, 11) is 1.68. The Labute approximate surface area is 95.8 Å². The monoisotopic (exact) mass is 247 g/mol. The summed E-state index contributed by atoms with van der Waals surface area (Å²) in [4.78, 5) is 9.44. The fourth-order valence-corrected chi connectivity index (χ4v) is 1.80. The molecule has 1 aliphatic rings. The van der Waals surface area contributed by atoms with E-state index >= 15 is 0 Å². The van der Waals surface area contributed by atoms with Crippen LogP contribution in [0.5, 0.6) is 0 Å². The van der Waals surface area contributed by atoms with Gasteiger partial charge >= 0.3 is 0 Å². The molecule has 2 heterocycles. The second kappa shape index (κ2) is 3.61. The van der Waals surface area contributed by atoms with Crippen LogP contribution < -0.4 is 10.6 Å². The number of fused-ring (bicyclic) bond motifs is 1. The highest BCUT2D eigenvalue weighted by Gasteiger charge is 2.19. The van der Waals surface area contributed by atoms with Crippen LogP contribution in [0.3, 0.4) is 0 Å². The molecular formula is C9H8Cl2FN3. The van der Waals surface area contributed by atoms with E-state index in [4.69, 9.17) is 23.2 Å². The maximum absolute atomic E-state index is 13.7. The Morgan fingerprint density at radius 2 is 2.20 bits per heavy atom. The molecule has 1 aromatic heterocycles. The summed E-state index contributed by atoms with van der Waals surface area (Å²) in [5.74, 6) is -0.468. The summed E-state index contributed by atoms with van der Waals surface area (Å²) in [6.07, 6.45) is 1.50. The predicted octanol–water partition coefficient (Wildman–Crippen LogP) is 0.921. The predicted molar refractivity (Wildman–Crippen MR) is 56.4 cm³/mol. The van der Waals surface area contributed by atoms with Crippen molar-refractivity contribution in [3.8, 4) is 0 Å². The molecular weight excluding hydrogens is 240 g/mol. The Kier molecular flexibility index (Phi) is 2.56. The van der Waals surface area contributed by atoms with Gasteiger partial charge in [0.2, 0.25) is 0 Å². The summed E-state index contributed by atoms with van der Waals surface area (Å²) in [5, 5.41) is 1.01. The molecule has 1 aromatic rings. The summed E-state index contributed by atoms with van der Waals surface area (Å²) in [5.41, 5.74) is -0.392. The van der Waals surface area contributed by atoms with Crippen molar-refractivity contribution in [2.45, 2.75) is 12.5 Å². The maximum atomic E-state index is 13.7. The summed E-state index contributed by atoms with van der Waals surface area (Å²) in [6, 6.07) is 0. The molecule has 1 atom stereocenters. The van der Waals surface area contributed by atoms with E-state index in [1.165, 1.54) is 6.20 Å². The molecule has 0 spiro atoms. The first-order chi connectivity index (χ1) is 7.02. The van der Waals surface area contributed by atoms with Crippen molar-refractivity contribution in [1.82, 2.24) is 9.88 Å². The van der Waals surface area contributed by atoms with Gasteiger partial charge in [-0.2, -0.15) is 0 Å². The molecule has 0 bridgehead atoms. The second-order valence-electron chi connectivity index (χ2n) is 3.26. The van der Waals surface area contributed by atoms with E-state index in [1.54, 1.807) is 18.9 Å². The van der Waals surface area contributed by atoms with Crippen LogP contribution in [0.15, 0.2) is 11.2 Å². The normalized spacial score (nSPS) is 19.9. The number of rotatable bonds is 0. The van der Waals surface area contributed by atoms with Gasteiger partial charge in [0, 0.05) is 13.2 Å². The van der Waals surface area contributed by atoms with Crippen molar-refractivity contribution in [3.05, 3.63) is 28.3 Å². The standard InChI is InChI=1S/C9H8Cl2FN3/c1-4-6(12)7-5(3-13-4)8(10)15(2)9(11)14-7/h3,9H,1-2H3. The zero-order valence-electron chi connectivity index (χ0n) is 8.13. The number of aromatic nitrogens is 1. The Balaban J connectivity index is 2.90. The zero-order chi connectivity index (χ0) is 11.2. The minimum Gasteiger partial charge on any atom is -0.330 e. The van der Waals surface area contributed by atoms with Gasteiger partial charge < -0.3 is 4.90 Å².